The van der Waals surface area contributed by atoms with E-state index in [1.54, 1.807) is 0 Å². The minimum absolute atomic E-state index is 0.377. The van der Waals surface area contributed by atoms with Crippen LogP contribution in [0.4, 0.5) is 0 Å². The van der Waals surface area contributed by atoms with Gasteiger partial charge in [-0.3, -0.25) is 0 Å². The molecule has 29 rings (SSSR count). The molecule has 1 aliphatic rings. The quantitative estimate of drug-likeness (QED) is 0.101. The molecular weight excluding hydrogens is 1740 g/mol. The van der Waals surface area contributed by atoms with Crippen molar-refractivity contribution >= 4 is 185 Å². The number of benzene rings is 26. The van der Waals surface area contributed by atoms with E-state index in [0.717, 1.165) is 5.46 Å². The maximum atomic E-state index is 6.38. The molecule has 678 valence electrons. The van der Waals surface area contributed by atoms with Crippen LogP contribution in [0.25, 0.3) is 262 Å². The van der Waals surface area contributed by atoms with Gasteiger partial charge >= 0.3 is 7.12 Å². The van der Waals surface area contributed by atoms with Crippen LogP contribution in [-0.4, -0.2) is 27.5 Å². The molecule has 0 amide bonds. The largest absolute Gasteiger partial charge is 0.494 e. The summed E-state index contributed by atoms with van der Waals surface area (Å²) in [5.74, 6) is 0. The lowest BCUT2D eigenvalue weighted by atomic mass is 9.78. The van der Waals surface area contributed by atoms with Crippen molar-refractivity contribution in [3.63, 3.8) is 0 Å². The zero-order valence-corrected chi connectivity index (χ0v) is 80.6. The van der Waals surface area contributed by atoms with E-state index in [1.165, 1.54) is 268 Å². The molecule has 1 saturated heterocycles. The van der Waals surface area contributed by atoms with Crippen LogP contribution in [0.1, 0.15) is 33.3 Å². The van der Waals surface area contributed by atoms with E-state index in [-0.39, 0.29) is 18.3 Å². The monoisotopic (exact) mass is 1840 g/mol. The first-order valence-corrected chi connectivity index (χ1v) is 50.1. The van der Waals surface area contributed by atoms with Gasteiger partial charge in [-0.2, -0.15) is 0 Å². The van der Waals surface area contributed by atoms with Gasteiger partial charge in [0, 0.05) is 32.9 Å². The summed E-state index contributed by atoms with van der Waals surface area (Å²) in [6.45, 7) is 10.5. The average molecular weight is 1840 g/mol. The molecular formula is C139H97BN2O2. The highest BCUT2D eigenvalue weighted by atomic mass is 16.7. The smallest absolute Gasteiger partial charge is 0.399 e. The van der Waals surface area contributed by atoms with E-state index < -0.39 is 0 Å². The van der Waals surface area contributed by atoms with Crippen molar-refractivity contribution in [1.29, 1.82) is 0 Å². The predicted molar refractivity (Wildman–Crippen MR) is 617 cm³/mol. The van der Waals surface area contributed by atoms with E-state index in [1.807, 2.05) is 0 Å². The lowest BCUT2D eigenvalue weighted by Gasteiger charge is -2.32. The van der Waals surface area contributed by atoms with Gasteiger partial charge in [0.15, 0.2) is 0 Å². The summed E-state index contributed by atoms with van der Waals surface area (Å²) >= 11 is 0. The van der Waals surface area contributed by atoms with Crippen LogP contribution in [0.15, 0.2) is 497 Å². The van der Waals surface area contributed by atoms with Gasteiger partial charge in [0.2, 0.25) is 0 Å². The van der Waals surface area contributed by atoms with Crippen LogP contribution in [-0.2, 0) is 9.31 Å². The molecule has 0 bridgehead atoms. The number of aromatic nitrogens is 2. The zero-order chi connectivity index (χ0) is 96.0. The lowest BCUT2D eigenvalue weighted by Crippen LogP contribution is -2.41. The lowest BCUT2D eigenvalue weighted by molar-refractivity contribution is 0.00578. The molecule has 5 heteroatoms. The Kier molecular flexibility index (Phi) is 20.5. The first kappa shape index (κ1) is 85.6. The number of hydrogen-bond donors (Lipinski definition) is 0. The van der Waals surface area contributed by atoms with Crippen LogP contribution in [0.2, 0.25) is 0 Å². The van der Waals surface area contributed by atoms with Crippen molar-refractivity contribution in [2.75, 3.05) is 0 Å². The summed E-state index contributed by atoms with van der Waals surface area (Å²) in [7, 11) is -0.385. The summed E-state index contributed by atoms with van der Waals surface area (Å²) < 4.78 is 17.5. The third-order valence-electron chi connectivity index (χ3n) is 30.9. The molecule has 0 spiro atoms. The van der Waals surface area contributed by atoms with Crippen molar-refractivity contribution < 1.29 is 9.31 Å². The number of rotatable bonds is 10. The molecule has 1 aliphatic heterocycles. The van der Waals surface area contributed by atoms with Gasteiger partial charge in [-0.1, -0.05) is 394 Å². The molecule has 0 saturated carbocycles. The molecule has 144 heavy (non-hydrogen) atoms. The van der Waals surface area contributed by atoms with Crippen LogP contribution in [0, 0.1) is 6.92 Å². The number of para-hydroxylation sites is 4. The average Bonchev–Trinajstić information content (AvgIpc) is 1.23. The Morgan fingerprint density at radius 2 is 0.382 bits per heavy atom. The van der Waals surface area contributed by atoms with Gasteiger partial charge < -0.3 is 18.4 Å². The van der Waals surface area contributed by atoms with E-state index in [4.69, 9.17) is 9.31 Å². The van der Waals surface area contributed by atoms with E-state index in [0.29, 0.717) is 0 Å². The Morgan fingerprint density at radius 3 is 0.722 bits per heavy atom. The van der Waals surface area contributed by atoms with Gasteiger partial charge in [0.05, 0.1) is 33.3 Å². The highest BCUT2D eigenvalue weighted by Crippen LogP contribution is 2.51. The SMILES string of the molecule is CC1(C)OB(c2ccc3cc(-c4ccc5c(-c6ccc7ccccc7c6)c6ccccc6c(-c6ccc7ccccc7c6)c5c4)ccc3c2)OC1(C)C.Cc1ccc2cc(-n3c4ccccc4c4ccccc43)ccc2c1.c1ccc2cc(-c3c4ccccc4c(-c4ccc5ccccc5c4)c4cc(-c5ccc6cc(-c7ccc8cc(-n9c%10ccccc%10c%10ccccc%109)ccc8c7)ccc6c5)ccc34)ccc2c1. The van der Waals surface area contributed by atoms with Gasteiger partial charge in [0.25, 0.3) is 0 Å². The van der Waals surface area contributed by atoms with Crippen LogP contribution in [0.5, 0.6) is 0 Å². The van der Waals surface area contributed by atoms with E-state index in [2.05, 4.69) is 541 Å². The summed E-state index contributed by atoms with van der Waals surface area (Å²) in [6, 6.07) is 183. The van der Waals surface area contributed by atoms with Crippen molar-refractivity contribution in [1.82, 2.24) is 9.13 Å². The fourth-order valence-corrected chi connectivity index (χ4v) is 23.0. The second-order valence-corrected chi connectivity index (χ2v) is 40.1. The maximum Gasteiger partial charge on any atom is 0.494 e. The third kappa shape index (κ3) is 14.8. The number of hydrogen-bond acceptors (Lipinski definition) is 2. The number of aryl methyl sites for hydroxylation is 1. The molecule has 0 unspecified atom stereocenters. The van der Waals surface area contributed by atoms with Crippen LogP contribution in [0.3, 0.4) is 0 Å². The Morgan fingerprint density at radius 1 is 0.167 bits per heavy atom. The summed E-state index contributed by atoms with van der Waals surface area (Å²) in [4.78, 5) is 0. The van der Waals surface area contributed by atoms with E-state index in [9.17, 15) is 0 Å². The molecule has 0 radical (unpaired) electrons. The minimum atomic E-state index is -0.385. The van der Waals surface area contributed by atoms with Crippen molar-refractivity contribution in [2.24, 2.45) is 0 Å². The second kappa shape index (κ2) is 34.4. The molecule has 26 aromatic carbocycles. The van der Waals surface area contributed by atoms with Gasteiger partial charge in [-0.15, -0.1) is 0 Å². The normalized spacial score (nSPS) is 13.1. The Labute approximate surface area is 835 Å². The molecule has 28 aromatic rings. The highest BCUT2D eigenvalue weighted by molar-refractivity contribution is 6.62. The fraction of sp³-hybridized carbons (Fsp3) is 0.0504. The first-order chi connectivity index (χ1) is 70.7. The molecule has 3 heterocycles. The molecule has 0 N–H and O–H groups in total. The van der Waals surface area contributed by atoms with Crippen molar-refractivity contribution in [3.05, 3.63) is 503 Å². The third-order valence-corrected chi connectivity index (χ3v) is 30.9. The maximum absolute atomic E-state index is 6.38. The summed E-state index contributed by atoms with van der Waals surface area (Å²) in [5, 5.41) is 35.0. The molecule has 2 aromatic heterocycles. The standard InChI is InChI=1S/C66H41N.C50H39BO2.C23H17N/c1-3-13-44-38-54(29-21-42(44)11-1)65-59-17-5-6-18-60(59)66(55-30-22-43-12-2-4-14-45(43)39-55)62-41-53(32-34-61(62)65)50-26-25-47-35-46(23-24-48(47)36-50)49-27-28-52-40-56(33-31-51(52)37-49)67-63-19-9-7-15-57(63)58-16-8-10-20-64(58)67;1-49(2)50(3,4)53-51(52-49)42-25-23-37-27-36(19-20-38(37)30-42)39-24-26-45-46(31-39)48(41-22-18-33-12-6-8-14-35(33)29-41)44-16-10-9-15-43(44)47(45)40-21-17-32-11-5-7-13-34(32)28-40;1-16-10-11-18-15-19(13-12-17(18)14-16)24-22-8-4-2-6-20(22)21-7-3-5-9-23(21)24/h1-41H;5-31H,1-4H3;2-15H,1H3. The summed E-state index contributed by atoms with van der Waals surface area (Å²) in [5.41, 5.74) is 26.1. The number of fused-ring (bicyclic) bond motifs is 18. The van der Waals surface area contributed by atoms with Gasteiger partial charge in [-0.05, 0) is 356 Å². The van der Waals surface area contributed by atoms with Gasteiger partial charge in [-0.25, -0.2) is 0 Å². The fourth-order valence-electron chi connectivity index (χ4n) is 23.0. The Balaban J connectivity index is 0.000000119. The Bertz CT molecular complexity index is 10100. The zero-order valence-electron chi connectivity index (χ0n) is 80.6. The molecule has 0 atom stereocenters. The summed E-state index contributed by atoms with van der Waals surface area (Å²) in [6.07, 6.45) is 0. The molecule has 4 nitrogen and oxygen atoms in total. The predicted octanol–water partition coefficient (Wildman–Crippen LogP) is 37.4. The topological polar surface area (TPSA) is 28.3 Å². The first-order valence-electron chi connectivity index (χ1n) is 50.1. The molecule has 0 aliphatic carbocycles. The van der Waals surface area contributed by atoms with Crippen molar-refractivity contribution in [2.45, 2.75) is 45.8 Å². The Hall–Kier alpha value is -17.6. The minimum Gasteiger partial charge on any atom is -0.399 e. The second-order valence-electron chi connectivity index (χ2n) is 40.1. The van der Waals surface area contributed by atoms with Crippen LogP contribution >= 0.6 is 0 Å². The molecule has 1 fully saturated rings. The number of nitrogens with zero attached hydrogens (tertiary/aromatic N) is 2. The van der Waals surface area contributed by atoms with Crippen molar-refractivity contribution in [3.8, 4) is 89.3 Å². The highest BCUT2D eigenvalue weighted by Gasteiger charge is 2.52. The van der Waals surface area contributed by atoms with Crippen LogP contribution < -0.4 is 5.46 Å². The van der Waals surface area contributed by atoms with E-state index >= 15 is 0 Å². The van der Waals surface area contributed by atoms with Gasteiger partial charge in [0.1, 0.15) is 0 Å².